The van der Waals surface area contributed by atoms with Crippen LogP contribution in [0.1, 0.15) is 31.3 Å². The van der Waals surface area contributed by atoms with Gasteiger partial charge < -0.3 is 10.1 Å². The van der Waals surface area contributed by atoms with Gasteiger partial charge in [0.25, 0.3) is 0 Å². The quantitative estimate of drug-likeness (QED) is 0.905. The molecule has 1 heterocycles. The van der Waals surface area contributed by atoms with Crippen molar-refractivity contribution in [1.29, 1.82) is 0 Å². The van der Waals surface area contributed by atoms with Crippen molar-refractivity contribution in [3.63, 3.8) is 0 Å². The highest BCUT2D eigenvalue weighted by Gasteiger charge is 2.19. The van der Waals surface area contributed by atoms with Gasteiger partial charge in [-0.1, -0.05) is 32.0 Å². The van der Waals surface area contributed by atoms with Crippen molar-refractivity contribution in [3.8, 4) is 5.75 Å². The summed E-state index contributed by atoms with van der Waals surface area (Å²) in [4.78, 5) is 16.2. The molecule has 5 heteroatoms. The molecular formula is C15H18N2O2S. The number of benzene rings is 1. The van der Waals surface area contributed by atoms with E-state index in [-0.39, 0.29) is 6.04 Å². The second-order valence-electron chi connectivity index (χ2n) is 4.90. The van der Waals surface area contributed by atoms with Crippen LogP contribution in [-0.4, -0.2) is 11.1 Å². The van der Waals surface area contributed by atoms with E-state index in [0.29, 0.717) is 11.7 Å². The van der Waals surface area contributed by atoms with Crippen LogP contribution in [0.5, 0.6) is 5.75 Å². The first-order chi connectivity index (χ1) is 9.65. The van der Waals surface area contributed by atoms with Gasteiger partial charge in [0.15, 0.2) is 0 Å². The van der Waals surface area contributed by atoms with E-state index in [4.69, 9.17) is 4.74 Å². The van der Waals surface area contributed by atoms with Gasteiger partial charge in [0.05, 0.1) is 6.04 Å². The first-order valence-electron chi connectivity index (χ1n) is 6.58. The van der Waals surface area contributed by atoms with Crippen LogP contribution in [0.2, 0.25) is 0 Å². The van der Waals surface area contributed by atoms with E-state index in [1.165, 1.54) is 11.3 Å². The second kappa shape index (κ2) is 7.05. The lowest BCUT2D eigenvalue weighted by Gasteiger charge is -2.18. The number of nitrogens with zero attached hydrogens (tertiary/aromatic N) is 1. The van der Waals surface area contributed by atoms with Gasteiger partial charge in [-0.3, -0.25) is 0 Å². The summed E-state index contributed by atoms with van der Waals surface area (Å²) in [6, 6.07) is 8.93. The van der Waals surface area contributed by atoms with Crippen LogP contribution < -0.4 is 10.1 Å². The summed E-state index contributed by atoms with van der Waals surface area (Å²) >= 11 is 1.54. The molecule has 2 rings (SSSR count). The Morgan fingerprint density at radius 1 is 1.35 bits per heavy atom. The normalized spacial score (nSPS) is 12.2. The van der Waals surface area contributed by atoms with E-state index in [9.17, 15) is 4.79 Å². The first-order valence-corrected chi connectivity index (χ1v) is 7.46. The average molecular weight is 290 g/mol. The van der Waals surface area contributed by atoms with Crippen LogP contribution in [0.15, 0.2) is 41.9 Å². The Labute approximate surface area is 122 Å². The molecule has 1 aromatic carbocycles. The monoisotopic (exact) mass is 290 g/mol. The Bertz CT molecular complexity index is 526. The zero-order valence-corrected chi connectivity index (χ0v) is 12.4. The summed E-state index contributed by atoms with van der Waals surface area (Å²) in [7, 11) is 0. The van der Waals surface area contributed by atoms with E-state index >= 15 is 0 Å². The maximum Gasteiger partial charge on any atom is 0.413 e. The van der Waals surface area contributed by atoms with Gasteiger partial charge in [-0.2, -0.15) is 0 Å². The van der Waals surface area contributed by atoms with E-state index in [0.717, 1.165) is 11.4 Å². The number of rotatable bonds is 5. The van der Waals surface area contributed by atoms with Crippen molar-refractivity contribution in [2.75, 3.05) is 0 Å². The van der Waals surface area contributed by atoms with Crippen LogP contribution >= 0.6 is 11.3 Å². The second-order valence-corrected chi connectivity index (χ2v) is 5.83. The number of amides is 1. The molecule has 0 aliphatic rings. The van der Waals surface area contributed by atoms with E-state index in [1.807, 2.05) is 23.6 Å². The molecule has 1 unspecified atom stereocenters. The van der Waals surface area contributed by atoms with Crippen LogP contribution in [0, 0.1) is 5.92 Å². The predicted octanol–water partition coefficient (Wildman–Crippen LogP) is 4.02. The number of hydrogen-bond donors (Lipinski definition) is 1. The summed E-state index contributed by atoms with van der Waals surface area (Å²) in [5.41, 5.74) is 0. The van der Waals surface area contributed by atoms with E-state index < -0.39 is 6.09 Å². The SMILES string of the molecule is CC(C)CC(NC(=O)Oc1ccccc1)c1nccs1. The number of thiazole rings is 1. The molecule has 1 N–H and O–H groups in total. The molecule has 0 aliphatic heterocycles. The van der Waals surface area contributed by atoms with Gasteiger partial charge in [-0.15, -0.1) is 11.3 Å². The van der Waals surface area contributed by atoms with Gasteiger partial charge in [-0.25, -0.2) is 9.78 Å². The number of ether oxygens (including phenoxy) is 1. The fraction of sp³-hybridized carbons (Fsp3) is 0.333. The Morgan fingerprint density at radius 2 is 2.10 bits per heavy atom. The third-order valence-corrected chi connectivity index (χ3v) is 3.59. The zero-order chi connectivity index (χ0) is 14.4. The predicted molar refractivity (Wildman–Crippen MR) is 79.9 cm³/mol. The Hall–Kier alpha value is -1.88. The van der Waals surface area contributed by atoms with Crippen LogP contribution in [0.25, 0.3) is 0 Å². The van der Waals surface area contributed by atoms with Gasteiger partial charge in [0.2, 0.25) is 0 Å². The van der Waals surface area contributed by atoms with Crippen LogP contribution in [0.4, 0.5) is 4.79 Å². The third-order valence-electron chi connectivity index (χ3n) is 2.70. The number of para-hydroxylation sites is 1. The van der Waals surface area contributed by atoms with Crippen molar-refractivity contribution in [2.24, 2.45) is 5.92 Å². The van der Waals surface area contributed by atoms with Crippen molar-refractivity contribution in [2.45, 2.75) is 26.3 Å². The highest BCUT2D eigenvalue weighted by Crippen LogP contribution is 2.23. The minimum Gasteiger partial charge on any atom is -0.410 e. The van der Waals surface area contributed by atoms with Gasteiger partial charge in [0.1, 0.15) is 10.8 Å². The molecule has 0 spiro atoms. The van der Waals surface area contributed by atoms with Crippen LogP contribution in [-0.2, 0) is 0 Å². The molecule has 4 nitrogen and oxygen atoms in total. The summed E-state index contributed by atoms with van der Waals surface area (Å²) in [6.07, 6.45) is 2.13. The fourth-order valence-electron chi connectivity index (χ4n) is 1.87. The lowest BCUT2D eigenvalue weighted by atomic mass is 10.0. The molecule has 106 valence electrons. The minimum atomic E-state index is -0.447. The molecule has 0 fully saturated rings. The molecule has 1 amide bonds. The topological polar surface area (TPSA) is 51.2 Å². The summed E-state index contributed by atoms with van der Waals surface area (Å²) in [5.74, 6) is 0.994. The minimum absolute atomic E-state index is 0.105. The molecule has 20 heavy (non-hydrogen) atoms. The van der Waals surface area contributed by atoms with Gasteiger partial charge in [0, 0.05) is 11.6 Å². The third kappa shape index (κ3) is 4.35. The number of aromatic nitrogens is 1. The Morgan fingerprint density at radius 3 is 2.70 bits per heavy atom. The number of carbonyl (C=O) groups excluding carboxylic acids is 1. The van der Waals surface area contributed by atoms with Crippen molar-refractivity contribution >= 4 is 17.4 Å². The summed E-state index contributed by atoms with van der Waals surface area (Å²) in [6.45, 7) is 4.23. The number of nitrogens with one attached hydrogen (secondary N) is 1. The zero-order valence-electron chi connectivity index (χ0n) is 11.6. The highest BCUT2D eigenvalue weighted by molar-refractivity contribution is 7.09. The molecular weight excluding hydrogens is 272 g/mol. The van der Waals surface area contributed by atoms with E-state index in [1.54, 1.807) is 18.3 Å². The summed E-state index contributed by atoms with van der Waals surface area (Å²) in [5, 5.41) is 5.70. The average Bonchev–Trinajstić information content (AvgIpc) is 2.92. The van der Waals surface area contributed by atoms with Gasteiger partial charge >= 0.3 is 6.09 Å². The number of hydrogen-bond acceptors (Lipinski definition) is 4. The lowest BCUT2D eigenvalue weighted by molar-refractivity contribution is 0.194. The highest BCUT2D eigenvalue weighted by atomic mass is 32.1. The molecule has 0 radical (unpaired) electrons. The van der Waals surface area contributed by atoms with Gasteiger partial charge in [-0.05, 0) is 24.5 Å². The molecule has 1 aromatic heterocycles. The molecule has 0 saturated heterocycles. The molecule has 1 atom stereocenters. The van der Waals surface area contributed by atoms with Crippen molar-refractivity contribution in [1.82, 2.24) is 10.3 Å². The maximum absolute atomic E-state index is 11.9. The largest absolute Gasteiger partial charge is 0.413 e. The maximum atomic E-state index is 11.9. The van der Waals surface area contributed by atoms with Crippen molar-refractivity contribution < 1.29 is 9.53 Å². The smallest absolute Gasteiger partial charge is 0.410 e. The summed E-state index contributed by atoms with van der Waals surface area (Å²) < 4.78 is 5.25. The molecule has 0 aliphatic carbocycles. The number of carbonyl (C=O) groups is 1. The lowest BCUT2D eigenvalue weighted by Crippen LogP contribution is -2.31. The standard InChI is InChI=1S/C15H18N2O2S/c1-11(2)10-13(14-16-8-9-20-14)17-15(18)19-12-6-4-3-5-7-12/h3-9,11,13H,10H2,1-2H3,(H,17,18). The molecule has 2 aromatic rings. The Kier molecular flexibility index (Phi) is 5.12. The van der Waals surface area contributed by atoms with Crippen LogP contribution in [0.3, 0.4) is 0 Å². The molecule has 0 bridgehead atoms. The fourth-order valence-corrected chi connectivity index (χ4v) is 2.57. The Balaban J connectivity index is 1.99. The van der Waals surface area contributed by atoms with E-state index in [2.05, 4.69) is 24.1 Å². The molecule has 0 saturated carbocycles. The first kappa shape index (κ1) is 14.5. The van der Waals surface area contributed by atoms with Crippen molar-refractivity contribution in [3.05, 3.63) is 46.9 Å².